The van der Waals surface area contributed by atoms with Crippen LogP contribution in [0.4, 0.5) is 13.2 Å². The van der Waals surface area contributed by atoms with Gasteiger partial charge in [-0.3, -0.25) is 4.90 Å². The highest BCUT2D eigenvalue weighted by Gasteiger charge is 2.27. The summed E-state index contributed by atoms with van der Waals surface area (Å²) in [7, 11) is 0. The summed E-state index contributed by atoms with van der Waals surface area (Å²) in [6.07, 6.45) is 2.55. The van der Waals surface area contributed by atoms with Crippen LogP contribution in [0, 0.1) is 17.5 Å². The van der Waals surface area contributed by atoms with Gasteiger partial charge in [0.25, 0.3) is 0 Å². The molecule has 1 saturated heterocycles. The van der Waals surface area contributed by atoms with Crippen molar-refractivity contribution in [2.75, 3.05) is 26.2 Å². The van der Waals surface area contributed by atoms with Crippen LogP contribution in [-0.4, -0.2) is 31.1 Å². The SMILES string of the molecule is CCCC[C@H](c1c(F)cc(F)cc1F)N1CCNCC1. The first-order valence-corrected chi connectivity index (χ1v) is 7.22. The number of hydrogen-bond donors (Lipinski definition) is 1. The first-order valence-electron chi connectivity index (χ1n) is 7.22. The molecule has 1 aromatic carbocycles. The molecule has 1 aromatic rings. The van der Waals surface area contributed by atoms with Gasteiger partial charge in [0, 0.05) is 49.9 Å². The largest absolute Gasteiger partial charge is 0.314 e. The lowest BCUT2D eigenvalue weighted by atomic mass is 9.97. The minimum Gasteiger partial charge on any atom is -0.314 e. The topological polar surface area (TPSA) is 15.3 Å². The molecule has 0 saturated carbocycles. The zero-order chi connectivity index (χ0) is 14.5. The van der Waals surface area contributed by atoms with E-state index in [0.717, 1.165) is 51.2 Å². The Morgan fingerprint density at radius 2 is 1.75 bits per heavy atom. The Bertz CT molecular complexity index is 422. The molecule has 2 nitrogen and oxygen atoms in total. The van der Waals surface area contributed by atoms with Crippen LogP contribution in [0.15, 0.2) is 12.1 Å². The number of hydrogen-bond acceptors (Lipinski definition) is 2. The number of nitrogens with zero attached hydrogens (tertiary/aromatic N) is 1. The number of benzene rings is 1. The van der Waals surface area contributed by atoms with Crippen molar-refractivity contribution in [3.63, 3.8) is 0 Å². The van der Waals surface area contributed by atoms with Crippen molar-refractivity contribution in [3.05, 3.63) is 35.1 Å². The Balaban J connectivity index is 2.29. The van der Waals surface area contributed by atoms with Gasteiger partial charge in [0.1, 0.15) is 17.5 Å². The molecular formula is C15H21F3N2. The zero-order valence-electron chi connectivity index (χ0n) is 11.8. The highest BCUT2D eigenvalue weighted by molar-refractivity contribution is 5.24. The van der Waals surface area contributed by atoms with Gasteiger partial charge in [-0.2, -0.15) is 0 Å². The third-order valence-electron chi connectivity index (χ3n) is 3.80. The lowest BCUT2D eigenvalue weighted by molar-refractivity contribution is 0.156. The van der Waals surface area contributed by atoms with Gasteiger partial charge in [-0.1, -0.05) is 19.8 Å². The summed E-state index contributed by atoms with van der Waals surface area (Å²) in [5.41, 5.74) is 0.0155. The van der Waals surface area contributed by atoms with Gasteiger partial charge in [-0.25, -0.2) is 13.2 Å². The van der Waals surface area contributed by atoms with E-state index < -0.39 is 17.5 Å². The van der Waals surface area contributed by atoms with E-state index in [2.05, 4.69) is 10.2 Å². The molecule has 1 aliphatic rings. The summed E-state index contributed by atoms with van der Waals surface area (Å²) in [5.74, 6) is -2.41. The maximum absolute atomic E-state index is 14.0. The number of piperazine rings is 1. The molecule has 5 heteroatoms. The van der Waals surface area contributed by atoms with Crippen molar-refractivity contribution in [2.45, 2.75) is 32.2 Å². The highest BCUT2D eigenvalue weighted by Crippen LogP contribution is 2.31. The molecule has 112 valence electrons. The van der Waals surface area contributed by atoms with Gasteiger partial charge in [-0.05, 0) is 6.42 Å². The van der Waals surface area contributed by atoms with Gasteiger partial charge in [0.05, 0.1) is 0 Å². The van der Waals surface area contributed by atoms with Crippen LogP contribution in [0.2, 0.25) is 0 Å². The van der Waals surface area contributed by atoms with E-state index in [1.165, 1.54) is 0 Å². The summed E-state index contributed by atoms with van der Waals surface area (Å²) in [5, 5.41) is 3.23. The minimum absolute atomic E-state index is 0.0155. The van der Waals surface area contributed by atoms with Crippen molar-refractivity contribution < 1.29 is 13.2 Å². The molecule has 2 rings (SSSR count). The molecular weight excluding hydrogens is 265 g/mol. The molecule has 0 aromatic heterocycles. The van der Waals surface area contributed by atoms with Gasteiger partial charge in [0.2, 0.25) is 0 Å². The van der Waals surface area contributed by atoms with Crippen molar-refractivity contribution in [1.82, 2.24) is 10.2 Å². The fourth-order valence-electron chi connectivity index (χ4n) is 2.77. The molecule has 0 aliphatic carbocycles. The first-order chi connectivity index (χ1) is 9.63. The number of rotatable bonds is 5. The molecule has 0 amide bonds. The van der Waals surface area contributed by atoms with Gasteiger partial charge < -0.3 is 5.32 Å². The minimum atomic E-state index is -0.863. The standard InChI is InChI=1S/C15H21F3N2/c1-2-3-4-14(20-7-5-19-6-8-20)15-12(17)9-11(16)10-13(15)18/h9-10,14,19H,2-8H2,1H3/t14-/m1/s1. The fraction of sp³-hybridized carbons (Fsp3) is 0.600. The van der Waals surface area contributed by atoms with Crippen molar-refractivity contribution in [2.24, 2.45) is 0 Å². The maximum atomic E-state index is 14.0. The van der Waals surface area contributed by atoms with Crippen LogP contribution in [0.3, 0.4) is 0 Å². The van der Waals surface area contributed by atoms with Crippen molar-refractivity contribution in [1.29, 1.82) is 0 Å². The number of nitrogens with one attached hydrogen (secondary N) is 1. The van der Waals surface area contributed by atoms with Crippen LogP contribution in [0.5, 0.6) is 0 Å². The van der Waals surface area contributed by atoms with Crippen LogP contribution in [0.25, 0.3) is 0 Å². The average Bonchev–Trinajstić information content (AvgIpc) is 2.42. The highest BCUT2D eigenvalue weighted by atomic mass is 19.1. The lowest BCUT2D eigenvalue weighted by Crippen LogP contribution is -2.45. The van der Waals surface area contributed by atoms with Crippen LogP contribution >= 0.6 is 0 Å². The van der Waals surface area contributed by atoms with E-state index >= 15 is 0 Å². The summed E-state index contributed by atoms with van der Waals surface area (Å²) >= 11 is 0. The van der Waals surface area contributed by atoms with E-state index in [1.54, 1.807) is 0 Å². The molecule has 1 fully saturated rings. The van der Waals surface area contributed by atoms with E-state index in [0.29, 0.717) is 6.42 Å². The van der Waals surface area contributed by atoms with Crippen molar-refractivity contribution >= 4 is 0 Å². The van der Waals surface area contributed by atoms with E-state index in [9.17, 15) is 13.2 Å². The van der Waals surface area contributed by atoms with E-state index in [1.807, 2.05) is 6.92 Å². The molecule has 20 heavy (non-hydrogen) atoms. The summed E-state index contributed by atoms with van der Waals surface area (Å²) < 4.78 is 41.1. The fourth-order valence-corrected chi connectivity index (χ4v) is 2.77. The van der Waals surface area contributed by atoms with Crippen molar-refractivity contribution in [3.8, 4) is 0 Å². The molecule has 1 heterocycles. The Morgan fingerprint density at radius 3 is 2.30 bits per heavy atom. The lowest BCUT2D eigenvalue weighted by Gasteiger charge is -2.35. The Labute approximate surface area is 118 Å². The van der Waals surface area contributed by atoms with Crippen LogP contribution < -0.4 is 5.32 Å². The molecule has 1 aliphatic heterocycles. The Hall–Kier alpha value is -1.07. The van der Waals surface area contributed by atoms with Crippen LogP contribution in [-0.2, 0) is 0 Å². The Kier molecular flexibility index (Phi) is 5.43. The van der Waals surface area contributed by atoms with Gasteiger partial charge in [-0.15, -0.1) is 0 Å². The maximum Gasteiger partial charge on any atom is 0.133 e. The second kappa shape index (κ2) is 7.09. The second-order valence-electron chi connectivity index (χ2n) is 5.23. The predicted octanol–water partition coefficient (Wildman–Crippen LogP) is 3.24. The number of halogens is 3. The van der Waals surface area contributed by atoms with E-state index in [4.69, 9.17) is 0 Å². The predicted molar refractivity (Wildman–Crippen MR) is 73.0 cm³/mol. The molecule has 0 unspecified atom stereocenters. The molecule has 1 atom stereocenters. The van der Waals surface area contributed by atoms with Crippen LogP contribution in [0.1, 0.15) is 37.8 Å². The normalized spacial score (nSPS) is 18.2. The Morgan fingerprint density at radius 1 is 1.15 bits per heavy atom. The molecule has 0 spiro atoms. The smallest absolute Gasteiger partial charge is 0.133 e. The molecule has 0 bridgehead atoms. The summed E-state index contributed by atoms with van der Waals surface area (Å²) in [4.78, 5) is 2.09. The third-order valence-corrected chi connectivity index (χ3v) is 3.80. The third kappa shape index (κ3) is 3.52. The van der Waals surface area contributed by atoms with E-state index in [-0.39, 0.29) is 11.6 Å². The van der Waals surface area contributed by atoms with Gasteiger partial charge >= 0.3 is 0 Å². The van der Waals surface area contributed by atoms with Gasteiger partial charge in [0.15, 0.2) is 0 Å². The first kappa shape index (κ1) is 15.3. The molecule has 1 N–H and O–H groups in total. The average molecular weight is 286 g/mol. The monoisotopic (exact) mass is 286 g/mol. The zero-order valence-corrected chi connectivity index (χ0v) is 11.8. The second-order valence-corrected chi connectivity index (χ2v) is 5.23. The quantitative estimate of drug-likeness (QED) is 0.894. The summed E-state index contributed by atoms with van der Waals surface area (Å²) in [6.45, 7) is 5.18. The summed E-state index contributed by atoms with van der Waals surface area (Å²) in [6, 6.07) is 1.25. The number of unbranched alkanes of at least 4 members (excludes halogenated alkanes) is 1. The molecule has 0 radical (unpaired) electrons.